The Kier molecular flexibility index (Phi) is 2.49. The molecule has 1 rings (SSSR count). The van der Waals surface area contributed by atoms with Crippen LogP contribution in [-0.2, 0) is 4.74 Å². The third kappa shape index (κ3) is 1.93. The summed E-state index contributed by atoms with van der Waals surface area (Å²) in [6, 6.07) is 0.365. The highest BCUT2D eigenvalue weighted by molar-refractivity contribution is 5.76. The van der Waals surface area contributed by atoms with Gasteiger partial charge in [-0.1, -0.05) is 0 Å². The molecule has 0 radical (unpaired) electrons. The molecule has 1 fully saturated rings. The zero-order valence-corrected chi connectivity index (χ0v) is 7.42. The number of morpholine rings is 1. The van der Waals surface area contributed by atoms with E-state index in [1.807, 2.05) is 13.8 Å². The van der Waals surface area contributed by atoms with Crippen molar-refractivity contribution in [3.8, 4) is 0 Å². The zero-order valence-electron chi connectivity index (χ0n) is 7.42. The maximum Gasteiger partial charge on any atom is 0.0929 e. The minimum atomic E-state index is 0.270. The summed E-state index contributed by atoms with van der Waals surface area (Å²) in [4.78, 5) is 2.08. The van der Waals surface area contributed by atoms with E-state index in [9.17, 15) is 0 Å². The molecule has 1 aliphatic heterocycles. The van der Waals surface area contributed by atoms with E-state index in [0.717, 1.165) is 13.2 Å². The monoisotopic (exact) mass is 156 g/mol. The second-order valence-electron chi connectivity index (χ2n) is 3.23. The largest absolute Gasteiger partial charge is 0.375 e. The smallest absolute Gasteiger partial charge is 0.0929 e. The van der Waals surface area contributed by atoms with Gasteiger partial charge in [-0.05, 0) is 20.8 Å². The molecule has 0 spiro atoms. The molecule has 0 aromatic heterocycles. The predicted molar refractivity (Wildman–Crippen MR) is 45.0 cm³/mol. The Bertz CT molecular complexity index is 158. The lowest BCUT2D eigenvalue weighted by molar-refractivity contribution is -0.0228. The van der Waals surface area contributed by atoms with Crippen LogP contribution in [0.4, 0.5) is 0 Å². The third-order valence-electron chi connectivity index (χ3n) is 2.04. The van der Waals surface area contributed by atoms with E-state index in [1.54, 1.807) is 0 Å². The SMILES string of the molecule is CC(=N)N1CC(C)OCC1C. The van der Waals surface area contributed by atoms with Crippen LogP contribution < -0.4 is 0 Å². The van der Waals surface area contributed by atoms with Gasteiger partial charge in [0, 0.05) is 6.54 Å². The third-order valence-corrected chi connectivity index (χ3v) is 2.04. The number of nitrogens with one attached hydrogen (secondary N) is 1. The molecule has 0 aromatic rings. The lowest BCUT2D eigenvalue weighted by Gasteiger charge is -2.37. The quantitative estimate of drug-likeness (QED) is 0.421. The Morgan fingerprint density at radius 3 is 2.64 bits per heavy atom. The van der Waals surface area contributed by atoms with Gasteiger partial charge in [-0.2, -0.15) is 0 Å². The average molecular weight is 156 g/mol. The van der Waals surface area contributed by atoms with Crippen molar-refractivity contribution in [2.45, 2.75) is 32.9 Å². The minimum Gasteiger partial charge on any atom is -0.375 e. The van der Waals surface area contributed by atoms with E-state index in [4.69, 9.17) is 10.1 Å². The second-order valence-corrected chi connectivity index (χ2v) is 3.23. The predicted octanol–water partition coefficient (Wildman–Crippen LogP) is 1.09. The molecule has 0 saturated carbocycles. The molecule has 3 heteroatoms. The molecule has 0 aromatic carbocycles. The van der Waals surface area contributed by atoms with Gasteiger partial charge in [0.05, 0.1) is 24.6 Å². The van der Waals surface area contributed by atoms with Crippen molar-refractivity contribution < 1.29 is 4.74 Å². The second kappa shape index (κ2) is 3.22. The summed E-state index contributed by atoms with van der Waals surface area (Å²) in [5, 5.41) is 7.48. The van der Waals surface area contributed by atoms with Crippen LogP contribution in [0.2, 0.25) is 0 Å². The fourth-order valence-electron chi connectivity index (χ4n) is 1.37. The van der Waals surface area contributed by atoms with E-state index in [0.29, 0.717) is 11.9 Å². The molecule has 1 heterocycles. The van der Waals surface area contributed by atoms with E-state index < -0.39 is 0 Å². The number of ether oxygens (including phenoxy) is 1. The van der Waals surface area contributed by atoms with Crippen molar-refractivity contribution in [3.63, 3.8) is 0 Å². The lowest BCUT2D eigenvalue weighted by Crippen LogP contribution is -2.49. The first-order valence-corrected chi connectivity index (χ1v) is 4.04. The standard InChI is InChI=1S/C8H16N2O/c1-6-5-11-7(2)4-10(6)8(3)9/h6-7,9H,4-5H2,1-3H3. The van der Waals surface area contributed by atoms with Gasteiger partial charge in [0.15, 0.2) is 0 Å². The van der Waals surface area contributed by atoms with Gasteiger partial charge in [-0.25, -0.2) is 0 Å². The fourth-order valence-corrected chi connectivity index (χ4v) is 1.37. The number of amidine groups is 1. The Balaban J connectivity index is 2.54. The average Bonchev–Trinajstić information content (AvgIpc) is 1.94. The van der Waals surface area contributed by atoms with Crippen LogP contribution in [0.1, 0.15) is 20.8 Å². The van der Waals surface area contributed by atoms with Gasteiger partial charge < -0.3 is 9.64 Å². The normalized spacial score (nSPS) is 32.1. The van der Waals surface area contributed by atoms with E-state index >= 15 is 0 Å². The molecule has 2 unspecified atom stereocenters. The first-order valence-electron chi connectivity index (χ1n) is 4.04. The molecule has 2 atom stereocenters. The number of nitrogens with zero attached hydrogens (tertiary/aromatic N) is 1. The topological polar surface area (TPSA) is 36.3 Å². The van der Waals surface area contributed by atoms with Gasteiger partial charge in [0.25, 0.3) is 0 Å². The van der Waals surface area contributed by atoms with Crippen molar-refractivity contribution in [1.82, 2.24) is 4.90 Å². The van der Waals surface area contributed by atoms with Crippen molar-refractivity contribution in [3.05, 3.63) is 0 Å². The summed E-state index contributed by atoms with van der Waals surface area (Å²) >= 11 is 0. The number of rotatable bonds is 0. The van der Waals surface area contributed by atoms with E-state index in [-0.39, 0.29) is 6.10 Å². The van der Waals surface area contributed by atoms with Gasteiger partial charge in [0.1, 0.15) is 0 Å². The Morgan fingerprint density at radius 2 is 2.18 bits per heavy atom. The van der Waals surface area contributed by atoms with Crippen molar-refractivity contribution in [1.29, 1.82) is 5.41 Å². The maximum atomic E-state index is 7.48. The van der Waals surface area contributed by atoms with Gasteiger partial charge >= 0.3 is 0 Å². The molecule has 1 saturated heterocycles. The Morgan fingerprint density at radius 1 is 1.55 bits per heavy atom. The van der Waals surface area contributed by atoms with Crippen molar-refractivity contribution in [2.24, 2.45) is 0 Å². The van der Waals surface area contributed by atoms with Gasteiger partial charge in [-0.3, -0.25) is 5.41 Å². The molecule has 0 bridgehead atoms. The Labute approximate surface area is 67.8 Å². The van der Waals surface area contributed by atoms with Crippen LogP contribution in [0.3, 0.4) is 0 Å². The summed E-state index contributed by atoms with van der Waals surface area (Å²) in [5.74, 6) is 0.646. The summed E-state index contributed by atoms with van der Waals surface area (Å²) < 4.78 is 5.43. The highest BCUT2D eigenvalue weighted by Crippen LogP contribution is 2.10. The van der Waals surface area contributed by atoms with Crippen LogP contribution in [0.5, 0.6) is 0 Å². The Hall–Kier alpha value is -0.570. The first kappa shape index (κ1) is 8.53. The van der Waals surface area contributed by atoms with E-state index in [1.165, 1.54) is 0 Å². The van der Waals surface area contributed by atoms with E-state index in [2.05, 4.69) is 11.8 Å². The highest BCUT2D eigenvalue weighted by Gasteiger charge is 2.23. The molecule has 0 aliphatic carbocycles. The summed E-state index contributed by atoms with van der Waals surface area (Å²) in [6.07, 6.45) is 0.270. The first-order chi connectivity index (χ1) is 5.11. The summed E-state index contributed by atoms with van der Waals surface area (Å²) in [5.41, 5.74) is 0. The van der Waals surface area contributed by atoms with Gasteiger partial charge in [-0.15, -0.1) is 0 Å². The molecule has 1 N–H and O–H groups in total. The number of hydrogen-bond donors (Lipinski definition) is 1. The molecular weight excluding hydrogens is 140 g/mol. The highest BCUT2D eigenvalue weighted by atomic mass is 16.5. The lowest BCUT2D eigenvalue weighted by atomic mass is 10.2. The summed E-state index contributed by atoms with van der Waals surface area (Å²) in [6.45, 7) is 7.56. The van der Waals surface area contributed by atoms with Crippen LogP contribution in [0.25, 0.3) is 0 Å². The molecule has 11 heavy (non-hydrogen) atoms. The maximum absolute atomic E-state index is 7.48. The fraction of sp³-hybridized carbons (Fsp3) is 0.875. The van der Waals surface area contributed by atoms with Crippen molar-refractivity contribution in [2.75, 3.05) is 13.2 Å². The molecule has 1 aliphatic rings. The minimum absolute atomic E-state index is 0.270. The van der Waals surface area contributed by atoms with Crippen molar-refractivity contribution >= 4 is 5.84 Å². The molecule has 64 valence electrons. The van der Waals surface area contributed by atoms with Gasteiger partial charge in [0.2, 0.25) is 0 Å². The molecular formula is C8H16N2O. The zero-order chi connectivity index (χ0) is 8.43. The van der Waals surface area contributed by atoms with Crippen LogP contribution >= 0.6 is 0 Å². The van der Waals surface area contributed by atoms with Crippen LogP contribution in [0.15, 0.2) is 0 Å². The molecule has 3 nitrogen and oxygen atoms in total. The van der Waals surface area contributed by atoms with Crippen LogP contribution in [-0.4, -0.2) is 36.0 Å². The van der Waals surface area contributed by atoms with Crippen LogP contribution in [0, 0.1) is 5.41 Å². The summed E-state index contributed by atoms with van der Waals surface area (Å²) in [7, 11) is 0. The molecule has 0 amide bonds. The number of hydrogen-bond acceptors (Lipinski definition) is 2.